The highest BCUT2D eigenvalue weighted by Crippen LogP contribution is 2.58. The van der Waals surface area contributed by atoms with Gasteiger partial charge in [-0.25, -0.2) is 0 Å². The average molecular weight is 832 g/mol. The van der Waals surface area contributed by atoms with Crippen molar-refractivity contribution in [2.24, 2.45) is 0 Å². The van der Waals surface area contributed by atoms with Crippen LogP contribution in [0.25, 0.3) is 56.0 Å². The van der Waals surface area contributed by atoms with E-state index in [1.807, 2.05) is 0 Å². The number of benzene rings is 10. The Morgan fingerprint density at radius 3 is 1.62 bits per heavy atom. The van der Waals surface area contributed by atoms with E-state index in [1.54, 1.807) is 0 Å². The molecule has 65 heavy (non-hydrogen) atoms. The maximum Gasteiger partial charge on any atom is 0.0713 e. The fourth-order valence-electron chi connectivity index (χ4n) is 11.8. The van der Waals surface area contributed by atoms with Gasteiger partial charge >= 0.3 is 0 Å². The van der Waals surface area contributed by atoms with E-state index < -0.39 is 5.41 Å². The van der Waals surface area contributed by atoms with Crippen LogP contribution in [0, 0.1) is 0 Å². The molecule has 0 radical (unpaired) electrons. The minimum absolute atomic E-state index is 0.133. The zero-order valence-corrected chi connectivity index (χ0v) is 36.9. The number of rotatable bonds is 9. The van der Waals surface area contributed by atoms with Crippen LogP contribution in [-0.4, -0.2) is 0 Å². The first kappa shape index (κ1) is 38.9. The molecule has 2 aliphatic rings. The Bertz CT molecular complexity index is 3360. The quantitative estimate of drug-likeness (QED) is 0.103. The van der Waals surface area contributed by atoms with E-state index in [-0.39, 0.29) is 5.41 Å². The second-order valence-electron chi connectivity index (χ2n) is 17.8. The number of nitrogens with zero attached hydrogens (tertiary/aromatic N) is 1. The molecule has 0 unspecified atom stereocenters. The van der Waals surface area contributed by atoms with Crippen LogP contribution >= 0.6 is 0 Å². The van der Waals surface area contributed by atoms with Crippen LogP contribution in [0.5, 0.6) is 0 Å². The van der Waals surface area contributed by atoms with E-state index >= 15 is 0 Å². The van der Waals surface area contributed by atoms with Crippen molar-refractivity contribution in [3.8, 4) is 22.3 Å². The van der Waals surface area contributed by atoms with Crippen molar-refractivity contribution in [3.05, 3.63) is 269 Å². The van der Waals surface area contributed by atoms with Gasteiger partial charge in [-0.3, -0.25) is 0 Å². The molecule has 0 heterocycles. The molecule has 0 fully saturated rings. The third-order valence-electron chi connectivity index (χ3n) is 14.8. The molecule has 0 saturated heterocycles. The standard InChI is InChI=1S/C64H49N/c1-3-63(4-2)59-41-44(35-37-45-23-20-34-58-61(45)56-32-18-19-33-57(56)64(58,48-24-8-5-9-25-48)49-26-10-6-11-27-49)36-39-54(59)55-40-38-51(43-60(55)63)65(50-28-12-7-13-29-50)62-52-30-16-14-21-46(52)42-47-22-15-17-31-53(47)62/h5-43H,3-4H2,1-2H3/b37-35+. The normalized spacial score (nSPS) is 14.0. The molecular weight excluding hydrogens is 783 g/mol. The molecule has 2 aliphatic carbocycles. The lowest BCUT2D eigenvalue weighted by atomic mass is 9.67. The molecule has 0 aliphatic heterocycles. The van der Waals surface area contributed by atoms with Gasteiger partial charge in [0.1, 0.15) is 0 Å². The molecule has 0 atom stereocenters. The summed E-state index contributed by atoms with van der Waals surface area (Å²) in [5.74, 6) is 0. The summed E-state index contributed by atoms with van der Waals surface area (Å²) in [6, 6.07) is 83.4. The summed E-state index contributed by atoms with van der Waals surface area (Å²) < 4.78 is 0. The van der Waals surface area contributed by atoms with Crippen LogP contribution in [0.15, 0.2) is 224 Å². The van der Waals surface area contributed by atoms with E-state index in [1.165, 1.54) is 99.7 Å². The maximum atomic E-state index is 2.51. The van der Waals surface area contributed by atoms with Gasteiger partial charge in [0.25, 0.3) is 0 Å². The molecule has 12 rings (SSSR count). The van der Waals surface area contributed by atoms with E-state index in [0.717, 1.165) is 18.5 Å². The lowest BCUT2D eigenvalue weighted by Gasteiger charge is -2.33. The minimum atomic E-state index is -0.421. The van der Waals surface area contributed by atoms with Gasteiger partial charge in [0.15, 0.2) is 0 Å². The molecule has 0 spiro atoms. The highest BCUT2D eigenvalue weighted by atomic mass is 15.1. The lowest BCUT2D eigenvalue weighted by Crippen LogP contribution is -2.28. The van der Waals surface area contributed by atoms with Crippen LogP contribution in [0.2, 0.25) is 0 Å². The predicted molar refractivity (Wildman–Crippen MR) is 276 cm³/mol. The summed E-state index contributed by atoms with van der Waals surface area (Å²) in [6.45, 7) is 4.75. The summed E-state index contributed by atoms with van der Waals surface area (Å²) in [6.07, 6.45) is 6.71. The molecule has 0 amide bonds. The Kier molecular flexibility index (Phi) is 9.28. The molecule has 0 N–H and O–H groups in total. The summed E-state index contributed by atoms with van der Waals surface area (Å²) in [5.41, 5.74) is 18.8. The summed E-state index contributed by atoms with van der Waals surface area (Å²) in [5, 5.41) is 4.96. The van der Waals surface area contributed by atoms with Crippen LogP contribution in [0.1, 0.15) is 71.2 Å². The van der Waals surface area contributed by atoms with Gasteiger partial charge in [0.05, 0.1) is 11.1 Å². The second kappa shape index (κ2) is 15.5. The first-order valence-electron chi connectivity index (χ1n) is 23.2. The van der Waals surface area contributed by atoms with Gasteiger partial charge in [-0.05, 0) is 121 Å². The SMILES string of the molecule is CCC1(CC)c2cc(/C=C/c3cccc4c3-c3ccccc3C4(c3ccccc3)c3ccccc3)ccc2-c2ccc(N(c3ccccc3)c3c4ccccc4cc4ccccc34)cc21. The third-order valence-corrected chi connectivity index (χ3v) is 14.8. The first-order valence-corrected chi connectivity index (χ1v) is 23.2. The molecule has 0 saturated carbocycles. The van der Waals surface area contributed by atoms with Gasteiger partial charge in [0, 0.05) is 27.6 Å². The minimum Gasteiger partial charge on any atom is -0.309 e. The average Bonchev–Trinajstić information content (AvgIpc) is 3.84. The summed E-state index contributed by atoms with van der Waals surface area (Å²) in [4.78, 5) is 2.50. The van der Waals surface area contributed by atoms with Gasteiger partial charge in [0.2, 0.25) is 0 Å². The second-order valence-corrected chi connectivity index (χ2v) is 17.8. The van der Waals surface area contributed by atoms with Crippen LogP contribution in [0.4, 0.5) is 17.1 Å². The maximum absolute atomic E-state index is 2.51. The summed E-state index contributed by atoms with van der Waals surface area (Å²) in [7, 11) is 0. The highest BCUT2D eigenvalue weighted by molar-refractivity contribution is 6.14. The smallest absolute Gasteiger partial charge is 0.0713 e. The predicted octanol–water partition coefficient (Wildman–Crippen LogP) is 17.1. The Balaban J connectivity index is 0.979. The monoisotopic (exact) mass is 831 g/mol. The first-order chi connectivity index (χ1) is 32.1. The van der Waals surface area contributed by atoms with Crippen molar-refractivity contribution in [2.75, 3.05) is 4.90 Å². The van der Waals surface area contributed by atoms with Gasteiger partial charge in [-0.15, -0.1) is 0 Å². The zero-order valence-electron chi connectivity index (χ0n) is 36.9. The topological polar surface area (TPSA) is 3.24 Å². The third kappa shape index (κ3) is 5.85. The fourth-order valence-corrected chi connectivity index (χ4v) is 11.8. The molecule has 10 aromatic rings. The Hall–Kier alpha value is -7.74. The van der Waals surface area contributed by atoms with E-state index in [2.05, 4.69) is 255 Å². The van der Waals surface area contributed by atoms with Gasteiger partial charge in [-0.1, -0.05) is 220 Å². The largest absolute Gasteiger partial charge is 0.309 e. The van der Waals surface area contributed by atoms with E-state index in [9.17, 15) is 0 Å². The van der Waals surface area contributed by atoms with Crippen molar-refractivity contribution in [1.29, 1.82) is 0 Å². The Labute approximate surface area is 382 Å². The van der Waals surface area contributed by atoms with E-state index in [4.69, 9.17) is 0 Å². The van der Waals surface area contributed by atoms with E-state index in [0.29, 0.717) is 0 Å². The van der Waals surface area contributed by atoms with Crippen LogP contribution < -0.4 is 4.90 Å². The van der Waals surface area contributed by atoms with Crippen molar-refractivity contribution in [1.82, 2.24) is 0 Å². The van der Waals surface area contributed by atoms with Crippen molar-refractivity contribution in [2.45, 2.75) is 37.5 Å². The molecular formula is C64H49N. The number of fused-ring (bicyclic) bond motifs is 8. The van der Waals surface area contributed by atoms with Gasteiger partial charge in [-0.2, -0.15) is 0 Å². The molecule has 10 aromatic carbocycles. The highest BCUT2D eigenvalue weighted by Gasteiger charge is 2.46. The molecule has 0 bridgehead atoms. The number of hydrogen-bond acceptors (Lipinski definition) is 1. The summed E-state index contributed by atoms with van der Waals surface area (Å²) >= 11 is 0. The Morgan fingerprint density at radius 1 is 0.400 bits per heavy atom. The molecule has 0 aromatic heterocycles. The van der Waals surface area contributed by atoms with Crippen molar-refractivity contribution >= 4 is 50.8 Å². The molecule has 1 nitrogen and oxygen atoms in total. The lowest BCUT2D eigenvalue weighted by molar-refractivity contribution is 0.490. The number of hydrogen-bond donors (Lipinski definition) is 0. The van der Waals surface area contributed by atoms with Crippen molar-refractivity contribution < 1.29 is 0 Å². The van der Waals surface area contributed by atoms with Crippen LogP contribution in [-0.2, 0) is 10.8 Å². The van der Waals surface area contributed by atoms with Gasteiger partial charge < -0.3 is 4.90 Å². The number of anilines is 3. The molecule has 310 valence electrons. The molecule has 1 heteroatoms. The Morgan fingerprint density at radius 2 is 0.954 bits per heavy atom. The van der Waals surface area contributed by atoms with Crippen LogP contribution in [0.3, 0.4) is 0 Å². The fraction of sp³-hybridized carbons (Fsp3) is 0.0938. The number of para-hydroxylation sites is 1. The van der Waals surface area contributed by atoms with Crippen molar-refractivity contribution in [3.63, 3.8) is 0 Å². The zero-order chi connectivity index (χ0) is 43.5.